The van der Waals surface area contributed by atoms with Crippen LogP contribution in [0.5, 0.6) is 11.5 Å². The fraction of sp³-hybridized carbons (Fsp3) is 0.263. The van der Waals surface area contributed by atoms with Crippen LogP contribution in [0.25, 0.3) is 11.2 Å². The van der Waals surface area contributed by atoms with Crippen LogP contribution in [0.15, 0.2) is 41.4 Å². The van der Waals surface area contributed by atoms with Gasteiger partial charge in [-0.1, -0.05) is 28.1 Å². The molecule has 0 saturated carbocycles. The summed E-state index contributed by atoms with van der Waals surface area (Å²) >= 11 is 3.14. The van der Waals surface area contributed by atoms with E-state index in [1.807, 2.05) is 0 Å². The van der Waals surface area contributed by atoms with Gasteiger partial charge in [-0.25, -0.2) is 15.0 Å². The number of hydrogen-bond acceptors (Lipinski definition) is 10. The molecule has 1 aliphatic rings. The average Bonchev–Trinajstić information content (AvgIpc) is 3.30. The number of amides is 1. The van der Waals surface area contributed by atoms with Crippen molar-refractivity contribution >= 4 is 38.8 Å². The minimum Gasteiger partial charge on any atom is -0.504 e. The second-order valence-corrected chi connectivity index (χ2v) is 7.93. The SMILES string of the molecule is Nc1ncnc2c1ncn2C1OC(C=CCNC(=O)c2cc(Br)cc(O)c2O)C(O)C1O. The number of nitrogens with zero attached hydrogens (tertiary/aromatic N) is 4. The number of benzene rings is 1. The van der Waals surface area contributed by atoms with Crippen molar-refractivity contribution in [1.82, 2.24) is 24.8 Å². The first-order chi connectivity index (χ1) is 15.3. The number of carbonyl (C=O) groups excluding carboxylic acids is 1. The molecule has 4 rings (SSSR count). The number of aromatic nitrogens is 4. The molecule has 0 spiro atoms. The molecule has 1 aliphatic heterocycles. The molecule has 7 N–H and O–H groups in total. The molecule has 2 aromatic heterocycles. The molecule has 4 atom stereocenters. The number of halogens is 1. The number of nitrogens with one attached hydrogen (secondary N) is 1. The second-order valence-electron chi connectivity index (χ2n) is 7.01. The summed E-state index contributed by atoms with van der Waals surface area (Å²) in [6.45, 7) is 0.0383. The third-order valence-corrected chi connectivity index (χ3v) is 5.40. The predicted molar refractivity (Wildman–Crippen MR) is 115 cm³/mol. The lowest BCUT2D eigenvalue weighted by molar-refractivity contribution is -0.0245. The molecule has 168 valence electrons. The summed E-state index contributed by atoms with van der Waals surface area (Å²) in [5.41, 5.74) is 6.37. The zero-order valence-electron chi connectivity index (χ0n) is 16.3. The van der Waals surface area contributed by atoms with Crippen molar-refractivity contribution in [1.29, 1.82) is 0 Å². The molecular formula is C19H19BrN6O6. The van der Waals surface area contributed by atoms with Gasteiger partial charge in [0.15, 0.2) is 29.2 Å². The van der Waals surface area contributed by atoms with Crippen LogP contribution in [0.1, 0.15) is 16.6 Å². The number of phenolic OH excluding ortho intramolecular Hbond substituents is 2. The number of aromatic hydroxyl groups is 2. The second kappa shape index (κ2) is 8.70. The van der Waals surface area contributed by atoms with Gasteiger partial charge < -0.3 is 36.2 Å². The first kappa shape index (κ1) is 22.0. The van der Waals surface area contributed by atoms with Gasteiger partial charge in [-0.15, -0.1) is 0 Å². The number of aliphatic hydroxyl groups excluding tert-OH is 2. The molecule has 32 heavy (non-hydrogen) atoms. The van der Waals surface area contributed by atoms with Gasteiger partial charge in [0.25, 0.3) is 5.91 Å². The third-order valence-electron chi connectivity index (χ3n) is 4.94. The highest BCUT2D eigenvalue weighted by molar-refractivity contribution is 9.10. The monoisotopic (exact) mass is 506 g/mol. The molecule has 12 nitrogen and oxygen atoms in total. The Kier molecular flexibility index (Phi) is 5.97. The molecule has 1 aromatic carbocycles. The van der Waals surface area contributed by atoms with Crippen molar-refractivity contribution < 1.29 is 30.0 Å². The zero-order chi connectivity index (χ0) is 23.0. The van der Waals surface area contributed by atoms with E-state index in [9.17, 15) is 25.2 Å². The summed E-state index contributed by atoms with van der Waals surface area (Å²) in [5, 5.41) is 42.8. The van der Waals surface area contributed by atoms with Gasteiger partial charge in [0, 0.05) is 11.0 Å². The van der Waals surface area contributed by atoms with Crippen molar-refractivity contribution in [3.8, 4) is 11.5 Å². The maximum absolute atomic E-state index is 12.3. The number of hydrogen-bond donors (Lipinski definition) is 6. The van der Waals surface area contributed by atoms with Gasteiger partial charge in [0.05, 0.1) is 11.9 Å². The van der Waals surface area contributed by atoms with Crippen LogP contribution in [-0.2, 0) is 4.74 Å². The van der Waals surface area contributed by atoms with E-state index in [-0.39, 0.29) is 17.9 Å². The molecule has 3 aromatic rings. The summed E-state index contributed by atoms with van der Waals surface area (Å²) in [6, 6.07) is 2.63. The number of nitrogens with two attached hydrogens (primary N) is 1. The molecule has 13 heteroatoms. The number of imidazole rings is 1. The van der Waals surface area contributed by atoms with Gasteiger partial charge in [0.1, 0.15) is 30.2 Å². The van der Waals surface area contributed by atoms with Gasteiger partial charge in [0.2, 0.25) is 0 Å². The third kappa shape index (κ3) is 3.98. The number of rotatable bonds is 5. The summed E-state index contributed by atoms with van der Waals surface area (Å²) in [5.74, 6) is -1.40. The van der Waals surface area contributed by atoms with Gasteiger partial charge >= 0.3 is 0 Å². The van der Waals surface area contributed by atoms with Gasteiger partial charge in [-0.2, -0.15) is 0 Å². The van der Waals surface area contributed by atoms with Crippen molar-refractivity contribution in [2.24, 2.45) is 0 Å². The Labute approximate surface area is 189 Å². The quantitative estimate of drug-likeness (QED) is 0.205. The van der Waals surface area contributed by atoms with E-state index in [4.69, 9.17) is 10.5 Å². The summed E-state index contributed by atoms with van der Waals surface area (Å²) in [6.07, 6.45) is 1.33. The van der Waals surface area contributed by atoms with Crippen LogP contribution in [0.3, 0.4) is 0 Å². The van der Waals surface area contributed by atoms with E-state index in [1.54, 1.807) is 0 Å². The first-order valence-corrected chi connectivity index (χ1v) is 10.2. The normalized spacial score (nSPS) is 23.2. The van der Waals surface area contributed by atoms with Crippen LogP contribution in [-0.4, -0.2) is 70.7 Å². The molecule has 1 saturated heterocycles. The smallest absolute Gasteiger partial charge is 0.255 e. The predicted octanol–water partition coefficient (Wildman–Crippen LogP) is 0.188. The molecule has 0 bridgehead atoms. The van der Waals surface area contributed by atoms with E-state index >= 15 is 0 Å². The molecule has 0 aliphatic carbocycles. The van der Waals surface area contributed by atoms with Crippen molar-refractivity contribution in [3.63, 3.8) is 0 Å². The lowest BCUT2D eigenvalue weighted by atomic mass is 10.1. The molecular weight excluding hydrogens is 488 g/mol. The van der Waals surface area contributed by atoms with Crippen LogP contribution >= 0.6 is 15.9 Å². The Hall–Kier alpha value is -3.26. The van der Waals surface area contributed by atoms with Crippen molar-refractivity contribution in [2.75, 3.05) is 12.3 Å². The molecule has 1 amide bonds. The average molecular weight is 507 g/mol. The fourth-order valence-corrected chi connectivity index (χ4v) is 3.78. The number of phenols is 2. The molecule has 4 unspecified atom stereocenters. The van der Waals surface area contributed by atoms with Crippen LogP contribution in [0, 0.1) is 0 Å². The van der Waals surface area contributed by atoms with Gasteiger partial charge in [-0.3, -0.25) is 9.36 Å². The Bertz CT molecular complexity index is 1200. The van der Waals surface area contributed by atoms with Crippen molar-refractivity contribution in [3.05, 3.63) is 47.0 Å². The lowest BCUT2D eigenvalue weighted by Crippen LogP contribution is -2.31. The number of fused-ring (bicyclic) bond motifs is 1. The minimum atomic E-state index is -1.27. The number of carbonyl (C=O) groups is 1. The Morgan fingerprint density at radius 3 is 2.81 bits per heavy atom. The number of nitrogen functional groups attached to an aromatic ring is 1. The zero-order valence-corrected chi connectivity index (χ0v) is 17.9. The highest BCUT2D eigenvalue weighted by Crippen LogP contribution is 2.33. The van der Waals surface area contributed by atoms with Crippen molar-refractivity contribution in [2.45, 2.75) is 24.5 Å². The molecule has 1 fully saturated rings. The van der Waals surface area contributed by atoms with E-state index in [0.717, 1.165) is 0 Å². The van der Waals surface area contributed by atoms with Crippen LogP contribution < -0.4 is 11.1 Å². The Balaban J connectivity index is 1.42. The highest BCUT2D eigenvalue weighted by Gasteiger charge is 2.43. The van der Waals surface area contributed by atoms with Gasteiger partial charge in [-0.05, 0) is 12.1 Å². The maximum Gasteiger partial charge on any atom is 0.255 e. The maximum atomic E-state index is 12.3. The topological polar surface area (TPSA) is 189 Å². The summed E-state index contributed by atoms with van der Waals surface area (Å²) < 4.78 is 7.65. The van der Waals surface area contributed by atoms with E-state index in [1.165, 1.54) is 41.5 Å². The minimum absolute atomic E-state index is 0.0383. The number of ether oxygens (including phenoxy) is 1. The molecule has 3 heterocycles. The van der Waals surface area contributed by atoms with E-state index in [2.05, 4.69) is 36.2 Å². The number of aliphatic hydroxyl groups is 2. The Morgan fingerprint density at radius 1 is 1.25 bits per heavy atom. The largest absolute Gasteiger partial charge is 0.504 e. The van der Waals surface area contributed by atoms with E-state index in [0.29, 0.717) is 15.6 Å². The highest BCUT2D eigenvalue weighted by atomic mass is 79.9. The first-order valence-electron chi connectivity index (χ1n) is 9.39. The van der Waals surface area contributed by atoms with Crippen LogP contribution in [0.2, 0.25) is 0 Å². The molecule has 0 radical (unpaired) electrons. The summed E-state index contributed by atoms with van der Waals surface area (Å²) in [4.78, 5) is 24.3. The van der Waals surface area contributed by atoms with E-state index < -0.39 is 41.9 Å². The lowest BCUT2D eigenvalue weighted by Gasteiger charge is -2.16. The fourth-order valence-electron chi connectivity index (χ4n) is 3.34. The standard InChI is InChI=1S/C19H19BrN6O6/c20-8-4-9(13(28)10(27)5-8)18(31)22-3-1-2-11-14(29)15(30)19(32-11)26-7-25-12-16(21)23-6-24-17(12)26/h1-2,4-7,11,14-15,19,27-30H,3H2,(H,22,31)(H2,21,23,24). The number of anilines is 1. The Morgan fingerprint density at radius 2 is 2.03 bits per heavy atom. The van der Waals surface area contributed by atoms with Crippen LogP contribution in [0.4, 0.5) is 5.82 Å². The summed E-state index contributed by atoms with van der Waals surface area (Å²) in [7, 11) is 0.